The molecule has 0 atom stereocenters. The number of nitrogens with zero attached hydrogens (tertiary/aromatic N) is 1. The molecule has 4 heteroatoms. The van der Waals surface area contributed by atoms with Crippen LogP contribution in [0.25, 0.3) is 11.5 Å². The molecular formula is C17H22N2O2. The molecule has 0 saturated carbocycles. The monoisotopic (exact) mass is 286 g/mol. The largest absolute Gasteiger partial charge is 0.441 e. The van der Waals surface area contributed by atoms with E-state index < -0.39 is 0 Å². The number of hydrogen-bond acceptors (Lipinski definition) is 3. The highest BCUT2D eigenvalue weighted by atomic mass is 16.4. The zero-order valence-electron chi connectivity index (χ0n) is 12.7. The molecule has 0 saturated heterocycles. The molecule has 0 radical (unpaired) electrons. The second kappa shape index (κ2) is 7.62. The van der Waals surface area contributed by atoms with Gasteiger partial charge in [0.05, 0.1) is 12.1 Å². The van der Waals surface area contributed by atoms with Crippen LogP contribution in [0, 0.1) is 6.92 Å². The number of aromatic nitrogens is 1. The summed E-state index contributed by atoms with van der Waals surface area (Å²) in [6, 6.07) is 9.72. The van der Waals surface area contributed by atoms with Gasteiger partial charge in [0.15, 0.2) is 0 Å². The number of nitrogens with one attached hydrogen (secondary N) is 1. The quantitative estimate of drug-likeness (QED) is 0.793. The molecule has 1 N–H and O–H groups in total. The van der Waals surface area contributed by atoms with Crippen molar-refractivity contribution in [2.24, 2.45) is 0 Å². The number of unbranched alkanes of at least 4 members (excludes halogenated alkanes) is 2. The average Bonchev–Trinajstić information content (AvgIpc) is 2.86. The summed E-state index contributed by atoms with van der Waals surface area (Å²) >= 11 is 0. The molecule has 0 aliphatic heterocycles. The van der Waals surface area contributed by atoms with Gasteiger partial charge in [-0.2, -0.15) is 0 Å². The fourth-order valence-corrected chi connectivity index (χ4v) is 2.11. The Balaban J connectivity index is 1.95. The van der Waals surface area contributed by atoms with Crippen LogP contribution in [0.4, 0.5) is 0 Å². The topological polar surface area (TPSA) is 55.1 Å². The Hall–Kier alpha value is -2.10. The lowest BCUT2D eigenvalue weighted by Gasteiger charge is -2.03. The molecule has 0 fully saturated rings. The van der Waals surface area contributed by atoms with Crippen molar-refractivity contribution in [1.82, 2.24) is 10.3 Å². The van der Waals surface area contributed by atoms with Crippen molar-refractivity contribution in [3.8, 4) is 11.5 Å². The maximum atomic E-state index is 11.9. The highest BCUT2D eigenvalue weighted by Gasteiger charge is 2.14. The number of rotatable bonds is 7. The molecule has 1 heterocycles. The van der Waals surface area contributed by atoms with Gasteiger partial charge < -0.3 is 9.73 Å². The molecule has 112 valence electrons. The maximum absolute atomic E-state index is 11.9. The van der Waals surface area contributed by atoms with Gasteiger partial charge in [0.25, 0.3) is 0 Å². The van der Waals surface area contributed by atoms with Crippen LogP contribution >= 0.6 is 0 Å². The fourth-order valence-electron chi connectivity index (χ4n) is 2.11. The lowest BCUT2D eigenvalue weighted by atomic mass is 10.2. The van der Waals surface area contributed by atoms with Crippen molar-refractivity contribution in [3.05, 3.63) is 41.8 Å². The molecule has 2 rings (SSSR count). The Morgan fingerprint density at radius 1 is 1.24 bits per heavy atom. The fraction of sp³-hybridized carbons (Fsp3) is 0.412. The van der Waals surface area contributed by atoms with Gasteiger partial charge >= 0.3 is 0 Å². The number of carbonyl (C=O) groups is 1. The SMILES string of the molecule is CCCCCNC(=O)Cc1nc(-c2ccccc2)oc1C. The summed E-state index contributed by atoms with van der Waals surface area (Å²) < 4.78 is 5.65. The lowest BCUT2D eigenvalue weighted by Crippen LogP contribution is -2.26. The summed E-state index contributed by atoms with van der Waals surface area (Å²) in [5.41, 5.74) is 1.64. The summed E-state index contributed by atoms with van der Waals surface area (Å²) in [5, 5.41) is 2.92. The van der Waals surface area contributed by atoms with E-state index in [4.69, 9.17) is 4.42 Å². The first-order valence-corrected chi connectivity index (χ1v) is 7.49. The van der Waals surface area contributed by atoms with Crippen LogP contribution in [0.15, 0.2) is 34.7 Å². The molecule has 2 aromatic rings. The summed E-state index contributed by atoms with van der Waals surface area (Å²) in [7, 11) is 0. The van der Waals surface area contributed by atoms with Crippen molar-refractivity contribution >= 4 is 5.91 Å². The molecule has 1 aromatic carbocycles. The first-order chi connectivity index (χ1) is 10.2. The van der Waals surface area contributed by atoms with Crippen LogP contribution in [0.3, 0.4) is 0 Å². The van der Waals surface area contributed by atoms with E-state index in [-0.39, 0.29) is 12.3 Å². The van der Waals surface area contributed by atoms with Gasteiger partial charge in [0.2, 0.25) is 11.8 Å². The van der Waals surface area contributed by atoms with Crippen LogP contribution in [-0.2, 0) is 11.2 Å². The molecule has 1 amide bonds. The molecule has 4 nitrogen and oxygen atoms in total. The second-order valence-electron chi connectivity index (χ2n) is 5.12. The molecule has 0 unspecified atom stereocenters. The molecule has 0 aliphatic carbocycles. The Labute approximate surface area is 125 Å². The van der Waals surface area contributed by atoms with Crippen molar-refractivity contribution < 1.29 is 9.21 Å². The van der Waals surface area contributed by atoms with E-state index in [0.29, 0.717) is 17.3 Å². The molecule has 0 spiro atoms. The second-order valence-corrected chi connectivity index (χ2v) is 5.12. The first kappa shape index (κ1) is 15.3. The number of aryl methyl sites for hydroxylation is 1. The van der Waals surface area contributed by atoms with Crippen molar-refractivity contribution in [3.63, 3.8) is 0 Å². The Morgan fingerprint density at radius 3 is 2.71 bits per heavy atom. The van der Waals surface area contributed by atoms with Crippen molar-refractivity contribution in [2.45, 2.75) is 39.5 Å². The van der Waals surface area contributed by atoms with E-state index in [1.807, 2.05) is 37.3 Å². The number of carbonyl (C=O) groups excluding carboxylic acids is 1. The number of oxazole rings is 1. The van der Waals surface area contributed by atoms with Crippen LogP contribution in [0.2, 0.25) is 0 Å². The predicted molar refractivity (Wildman–Crippen MR) is 82.9 cm³/mol. The van der Waals surface area contributed by atoms with Gasteiger partial charge in [0.1, 0.15) is 5.76 Å². The molecule has 1 aromatic heterocycles. The third-order valence-corrected chi connectivity index (χ3v) is 3.34. The highest BCUT2D eigenvalue weighted by Crippen LogP contribution is 2.21. The van der Waals surface area contributed by atoms with Gasteiger partial charge in [0, 0.05) is 12.1 Å². The normalized spacial score (nSPS) is 10.6. The molecule has 0 aliphatic rings. The van der Waals surface area contributed by atoms with Crippen molar-refractivity contribution in [2.75, 3.05) is 6.54 Å². The van der Waals surface area contributed by atoms with E-state index in [1.54, 1.807) is 0 Å². The van der Waals surface area contributed by atoms with Gasteiger partial charge in [-0.05, 0) is 25.5 Å². The molecular weight excluding hydrogens is 264 g/mol. The van der Waals surface area contributed by atoms with Crippen molar-refractivity contribution in [1.29, 1.82) is 0 Å². The van der Waals surface area contributed by atoms with Crippen LogP contribution in [0.5, 0.6) is 0 Å². The summed E-state index contributed by atoms with van der Waals surface area (Å²) in [5.74, 6) is 1.28. The number of amides is 1. The van der Waals surface area contributed by atoms with Crippen LogP contribution in [0.1, 0.15) is 37.6 Å². The van der Waals surface area contributed by atoms with Gasteiger partial charge in [-0.3, -0.25) is 4.79 Å². The summed E-state index contributed by atoms with van der Waals surface area (Å²) in [6.07, 6.45) is 3.59. The summed E-state index contributed by atoms with van der Waals surface area (Å²) in [6.45, 7) is 4.72. The zero-order chi connectivity index (χ0) is 15.1. The van der Waals surface area contributed by atoms with E-state index in [9.17, 15) is 4.79 Å². The third kappa shape index (κ3) is 4.45. The Morgan fingerprint density at radius 2 is 2.00 bits per heavy atom. The minimum absolute atomic E-state index is 0.00196. The Bertz CT molecular complexity index is 576. The predicted octanol–water partition coefficient (Wildman–Crippen LogP) is 3.50. The van der Waals surface area contributed by atoms with E-state index in [2.05, 4.69) is 17.2 Å². The van der Waals surface area contributed by atoms with Crippen LogP contribution < -0.4 is 5.32 Å². The number of hydrogen-bond donors (Lipinski definition) is 1. The Kier molecular flexibility index (Phi) is 5.55. The lowest BCUT2D eigenvalue weighted by molar-refractivity contribution is -0.120. The number of benzene rings is 1. The maximum Gasteiger partial charge on any atom is 0.226 e. The zero-order valence-corrected chi connectivity index (χ0v) is 12.7. The third-order valence-electron chi connectivity index (χ3n) is 3.34. The van der Waals surface area contributed by atoms with E-state index in [0.717, 1.165) is 31.4 Å². The molecule has 0 bridgehead atoms. The highest BCUT2D eigenvalue weighted by molar-refractivity contribution is 5.78. The first-order valence-electron chi connectivity index (χ1n) is 7.49. The minimum atomic E-state index is 0.00196. The smallest absolute Gasteiger partial charge is 0.226 e. The molecule has 21 heavy (non-hydrogen) atoms. The standard InChI is InChI=1S/C17H22N2O2/c1-3-4-8-11-18-16(20)12-15-13(2)21-17(19-15)14-9-6-5-7-10-14/h5-7,9-10H,3-4,8,11-12H2,1-2H3,(H,18,20). The van der Waals surface area contributed by atoms with E-state index in [1.165, 1.54) is 0 Å². The van der Waals surface area contributed by atoms with Gasteiger partial charge in [-0.1, -0.05) is 38.0 Å². The minimum Gasteiger partial charge on any atom is -0.441 e. The average molecular weight is 286 g/mol. The van der Waals surface area contributed by atoms with Gasteiger partial charge in [-0.25, -0.2) is 4.98 Å². The van der Waals surface area contributed by atoms with Gasteiger partial charge in [-0.15, -0.1) is 0 Å². The summed E-state index contributed by atoms with van der Waals surface area (Å²) in [4.78, 5) is 16.3. The van der Waals surface area contributed by atoms with E-state index >= 15 is 0 Å². The van der Waals surface area contributed by atoms with Crippen LogP contribution in [-0.4, -0.2) is 17.4 Å².